The molecule has 49 heavy (non-hydrogen) atoms. The zero-order chi connectivity index (χ0) is 33.5. The van der Waals surface area contributed by atoms with Crippen molar-refractivity contribution < 1.29 is 0 Å². The van der Waals surface area contributed by atoms with E-state index in [4.69, 9.17) is 0 Å². The molecule has 8 rings (SSSR count). The van der Waals surface area contributed by atoms with Gasteiger partial charge in [0, 0.05) is 101 Å². The topological polar surface area (TPSA) is 25.9 Å². The normalized spacial score (nSPS) is 17.2. The molecule has 240 valence electrons. The Morgan fingerprint density at radius 1 is 0.306 bits per heavy atom. The van der Waals surface area contributed by atoms with Gasteiger partial charge in [-0.15, -0.1) is 0 Å². The van der Waals surface area contributed by atoms with Gasteiger partial charge in [-0.1, -0.05) is 48.5 Å². The van der Waals surface area contributed by atoms with Gasteiger partial charge in [-0.05, 0) is 70.8 Å². The molecule has 4 aromatic carbocycles. The third-order valence-corrected chi connectivity index (χ3v) is 9.13. The van der Waals surface area contributed by atoms with Gasteiger partial charge >= 0.3 is 0 Å². The smallest absolute Gasteiger partial charge is 0.212 e. The fraction of sp³-hybridized carbons (Fsp3) is 0.122. The first-order valence-corrected chi connectivity index (χ1v) is 16.2. The molecular weight excluding hydrogens is 605 g/mol. The summed E-state index contributed by atoms with van der Waals surface area (Å²) in [5.74, 6) is 0. The number of rotatable bonds is 8. The molecule has 8 heteroatoms. The maximum atomic E-state index is 3.33. The largest absolute Gasteiger partial charge is 0.349 e. The van der Waals surface area contributed by atoms with Crippen molar-refractivity contribution in [2.45, 2.75) is 5.41 Å². The zero-order valence-corrected chi connectivity index (χ0v) is 27.9. The fourth-order valence-corrected chi connectivity index (χ4v) is 6.68. The van der Waals surface area contributed by atoms with Crippen molar-refractivity contribution >= 4 is 22.7 Å². The summed E-state index contributed by atoms with van der Waals surface area (Å²) in [5.41, 5.74) is 8.13. The molecule has 0 N–H and O–H groups in total. The van der Waals surface area contributed by atoms with E-state index in [0.717, 1.165) is 45.0 Å². The van der Waals surface area contributed by atoms with Gasteiger partial charge < -0.3 is 39.2 Å². The third-order valence-electron chi connectivity index (χ3n) is 9.13. The van der Waals surface area contributed by atoms with Crippen molar-refractivity contribution in [1.29, 1.82) is 0 Å². The number of benzene rings is 4. The summed E-state index contributed by atoms with van der Waals surface area (Å²) >= 11 is 0. The highest BCUT2D eigenvalue weighted by Crippen LogP contribution is 2.47. The highest BCUT2D eigenvalue weighted by atomic mass is 15.3. The van der Waals surface area contributed by atoms with Gasteiger partial charge in [-0.2, -0.15) is 0 Å². The van der Waals surface area contributed by atoms with Crippen LogP contribution in [-0.4, -0.2) is 47.8 Å². The van der Waals surface area contributed by atoms with Crippen LogP contribution in [0.3, 0.4) is 0 Å². The minimum atomic E-state index is -0.652. The van der Waals surface area contributed by atoms with E-state index in [1.807, 2.05) is 117 Å². The Morgan fingerprint density at radius 2 is 0.510 bits per heavy atom. The standard InChI is InChI=1S/C41H36N8/c1-42-21-25-46(29-42)37-13-5-33(6-14-37)41(34-7-15-38(16-8-34)47-26-22-43(2)30-47,35-9-17-39(18-10-35)48-27-23-44(3)31-48)36-11-19-40(20-12-36)49-28-24-45(4)32-49/h5-28H,1-4H3. The molecule has 0 saturated heterocycles. The molecule has 0 aromatic heterocycles. The van der Waals surface area contributed by atoms with Crippen LogP contribution in [0.25, 0.3) is 0 Å². The van der Waals surface area contributed by atoms with Gasteiger partial charge in [0.25, 0.3) is 0 Å². The molecule has 0 aliphatic carbocycles. The van der Waals surface area contributed by atoms with Crippen LogP contribution in [-0.2, 0) is 5.41 Å². The average molecular weight is 641 g/mol. The van der Waals surface area contributed by atoms with Gasteiger partial charge in [-0.25, -0.2) is 0 Å². The van der Waals surface area contributed by atoms with Crippen LogP contribution in [0.5, 0.6) is 0 Å². The lowest BCUT2D eigenvalue weighted by Gasteiger charge is -2.38. The maximum absolute atomic E-state index is 3.33. The van der Waals surface area contributed by atoms with E-state index in [0.29, 0.717) is 0 Å². The van der Waals surface area contributed by atoms with Crippen molar-refractivity contribution in [2.24, 2.45) is 0 Å². The summed E-state index contributed by atoms with van der Waals surface area (Å²) in [6.45, 7) is 13.3. The van der Waals surface area contributed by atoms with Crippen LogP contribution in [0.15, 0.2) is 147 Å². The van der Waals surface area contributed by atoms with Crippen molar-refractivity contribution in [3.05, 3.63) is 196 Å². The maximum Gasteiger partial charge on any atom is 0.212 e. The number of hydrogen-bond acceptors (Lipinski definition) is 8. The van der Waals surface area contributed by atoms with Gasteiger partial charge in [0.1, 0.15) is 0 Å². The fourth-order valence-electron chi connectivity index (χ4n) is 6.68. The van der Waals surface area contributed by atoms with Gasteiger partial charge in [-0.3, -0.25) is 0 Å². The number of nitrogens with zero attached hydrogens (tertiary/aromatic N) is 8. The van der Waals surface area contributed by atoms with Crippen LogP contribution < -0.4 is 19.6 Å². The van der Waals surface area contributed by atoms with Crippen LogP contribution in [0.4, 0.5) is 22.7 Å². The second-order valence-corrected chi connectivity index (χ2v) is 12.5. The SMILES string of the molecule is CN1[C]N(c2ccc(C(c3ccc(N4[C]N(C)C=C4)cc3)(c3ccc(N4[C]N(C)C=C4)cc3)c3ccc(N4[C]N(C)C=C4)cc3)cc2)C=C1. The predicted octanol–water partition coefficient (Wildman–Crippen LogP) is 6.95. The lowest BCUT2D eigenvalue weighted by molar-refractivity contribution is 0.574. The van der Waals surface area contributed by atoms with Crippen LogP contribution in [0.2, 0.25) is 0 Å². The first-order valence-electron chi connectivity index (χ1n) is 16.2. The van der Waals surface area contributed by atoms with E-state index >= 15 is 0 Å². The van der Waals surface area contributed by atoms with E-state index in [1.54, 1.807) is 0 Å². The molecule has 0 atom stereocenters. The van der Waals surface area contributed by atoms with E-state index in [9.17, 15) is 0 Å². The van der Waals surface area contributed by atoms with Crippen molar-refractivity contribution in [1.82, 2.24) is 19.6 Å². The van der Waals surface area contributed by atoms with E-state index < -0.39 is 5.41 Å². The van der Waals surface area contributed by atoms with Crippen LogP contribution in [0.1, 0.15) is 22.3 Å². The van der Waals surface area contributed by atoms with Gasteiger partial charge in [0.05, 0.1) is 5.41 Å². The summed E-state index contributed by atoms with van der Waals surface area (Å²) < 4.78 is 0. The Balaban J connectivity index is 1.28. The van der Waals surface area contributed by atoms with Crippen molar-refractivity contribution in [2.75, 3.05) is 47.8 Å². The van der Waals surface area contributed by atoms with Crippen molar-refractivity contribution in [3.63, 3.8) is 0 Å². The van der Waals surface area contributed by atoms with Gasteiger partial charge in [0.2, 0.25) is 26.7 Å². The molecule has 0 spiro atoms. The molecule has 0 bridgehead atoms. The second-order valence-electron chi connectivity index (χ2n) is 12.5. The zero-order valence-electron chi connectivity index (χ0n) is 27.9. The first kappa shape index (κ1) is 30.6. The Morgan fingerprint density at radius 3 is 0.673 bits per heavy atom. The Kier molecular flexibility index (Phi) is 7.71. The Labute approximate surface area is 290 Å². The Hall–Kier alpha value is -5.76. The van der Waals surface area contributed by atoms with Crippen LogP contribution in [0, 0.1) is 26.7 Å². The average Bonchev–Trinajstić information content (AvgIpc) is 3.96. The van der Waals surface area contributed by atoms with Gasteiger partial charge in [0.15, 0.2) is 0 Å². The molecule has 0 unspecified atom stereocenters. The lowest BCUT2D eigenvalue weighted by Crippen LogP contribution is -2.31. The van der Waals surface area contributed by atoms with Crippen molar-refractivity contribution in [3.8, 4) is 0 Å². The molecule has 8 nitrogen and oxygen atoms in total. The summed E-state index contributed by atoms with van der Waals surface area (Å²) in [6, 6.07) is 35.4. The quantitative estimate of drug-likeness (QED) is 0.191. The minimum absolute atomic E-state index is 0.652. The monoisotopic (exact) mass is 640 g/mol. The lowest BCUT2D eigenvalue weighted by atomic mass is 9.65. The number of anilines is 4. The molecule has 0 saturated carbocycles. The van der Waals surface area contributed by atoms with Crippen LogP contribution >= 0.6 is 0 Å². The molecule has 4 aliphatic rings. The predicted molar refractivity (Wildman–Crippen MR) is 195 cm³/mol. The van der Waals surface area contributed by atoms with E-state index in [-0.39, 0.29) is 0 Å². The summed E-state index contributed by atoms with van der Waals surface area (Å²) in [4.78, 5) is 15.8. The molecule has 0 fully saturated rings. The molecule has 4 heterocycles. The highest BCUT2D eigenvalue weighted by Gasteiger charge is 2.39. The molecule has 4 aromatic rings. The molecule has 0 amide bonds. The molecular formula is C41H36N8. The third kappa shape index (κ3) is 5.63. The minimum Gasteiger partial charge on any atom is -0.349 e. The highest BCUT2D eigenvalue weighted by molar-refractivity contribution is 5.67. The molecule has 4 aliphatic heterocycles. The summed E-state index contributed by atoms with van der Waals surface area (Å²) in [6.07, 6.45) is 16.1. The molecule has 8 radical (unpaired) electrons. The second kappa shape index (κ2) is 12.4. The first-order chi connectivity index (χ1) is 23.9. The number of hydrogen-bond donors (Lipinski definition) is 0. The Bertz CT molecular complexity index is 1610. The summed E-state index contributed by atoms with van der Waals surface area (Å²) in [7, 11) is 7.93. The summed E-state index contributed by atoms with van der Waals surface area (Å²) in [5, 5.41) is 0. The van der Waals surface area contributed by atoms with E-state index in [1.165, 1.54) is 0 Å². The van der Waals surface area contributed by atoms with E-state index in [2.05, 4.69) is 124 Å².